The number of nitrogens with zero attached hydrogens (tertiary/aromatic N) is 2. The van der Waals surface area contributed by atoms with Crippen molar-refractivity contribution in [3.05, 3.63) is 42.0 Å². The van der Waals surface area contributed by atoms with E-state index in [0.717, 1.165) is 30.2 Å². The third-order valence-corrected chi connectivity index (χ3v) is 3.44. The van der Waals surface area contributed by atoms with Crippen LogP contribution in [-0.4, -0.2) is 44.3 Å². The molecule has 0 bridgehead atoms. The molecule has 0 saturated carbocycles. The Balaban J connectivity index is 1.82. The fraction of sp³-hybridized carbons (Fsp3) is 0.444. The lowest BCUT2D eigenvalue weighted by molar-refractivity contribution is 0.197. The van der Waals surface area contributed by atoms with Gasteiger partial charge < -0.3 is 19.8 Å². The average molecular weight is 348 g/mol. The molecule has 7 heteroatoms. The van der Waals surface area contributed by atoms with E-state index in [-0.39, 0.29) is 5.82 Å². The highest BCUT2D eigenvalue weighted by atomic mass is 19.1. The Morgan fingerprint density at radius 2 is 2.08 bits per heavy atom. The van der Waals surface area contributed by atoms with Gasteiger partial charge in [-0.2, -0.15) is 0 Å². The molecule has 1 aromatic carbocycles. The van der Waals surface area contributed by atoms with Gasteiger partial charge in [-0.25, -0.2) is 9.37 Å². The van der Waals surface area contributed by atoms with Crippen molar-refractivity contribution in [3.8, 4) is 11.5 Å². The molecule has 0 aliphatic carbocycles. The largest absolute Gasteiger partial charge is 0.444 e. The molecular weight excluding hydrogens is 323 g/mol. The van der Waals surface area contributed by atoms with Crippen molar-refractivity contribution in [1.82, 2.24) is 15.6 Å². The van der Waals surface area contributed by atoms with Crippen molar-refractivity contribution in [3.63, 3.8) is 0 Å². The predicted molar refractivity (Wildman–Crippen MR) is 96.1 cm³/mol. The van der Waals surface area contributed by atoms with E-state index < -0.39 is 0 Å². The number of ether oxygens (including phenoxy) is 1. The van der Waals surface area contributed by atoms with Crippen molar-refractivity contribution in [2.75, 3.05) is 33.4 Å². The maximum Gasteiger partial charge on any atom is 0.226 e. The van der Waals surface area contributed by atoms with E-state index in [4.69, 9.17) is 9.15 Å². The van der Waals surface area contributed by atoms with Crippen LogP contribution in [-0.2, 0) is 11.2 Å². The Bertz CT molecular complexity index is 655. The van der Waals surface area contributed by atoms with Crippen molar-refractivity contribution < 1.29 is 13.5 Å². The lowest BCUT2D eigenvalue weighted by Crippen LogP contribution is -2.38. The first-order valence-corrected chi connectivity index (χ1v) is 8.44. The van der Waals surface area contributed by atoms with Crippen LogP contribution in [0, 0.1) is 5.82 Å². The summed E-state index contributed by atoms with van der Waals surface area (Å²) >= 11 is 0. The molecule has 0 aliphatic rings. The van der Waals surface area contributed by atoms with Gasteiger partial charge in [0.2, 0.25) is 5.89 Å². The summed E-state index contributed by atoms with van der Waals surface area (Å²) in [4.78, 5) is 8.91. The molecular formula is C18H25FN4O2. The predicted octanol–water partition coefficient (Wildman–Crippen LogP) is 2.61. The number of oxazole rings is 1. The minimum Gasteiger partial charge on any atom is -0.444 e. The molecule has 1 heterocycles. The van der Waals surface area contributed by atoms with Gasteiger partial charge in [-0.3, -0.25) is 4.99 Å². The van der Waals surface area contributed by atoms with Gasteiger partial charge in [0.25, 0.3) is 0 Å². The Kier molecular flexibility index (Phi) is 7.91. The number of methoxy groups -OCH3 is 1. The van der Waals surface area contributed by atoms with Gasteiger partial charge in [-0.1, -0.05) is 0 Å². The Hall–Kier alpha value is -2.41. The number of aromatic nitrogens is 1. The van der Waals surface area contributed by atoms with Gasteiger partial charge in [-0.05, 0) is 37.6 Å². The van der Waals surface area contributed by atoms with E-state index in [1.165, 1.54) is 12.1 Å². The molecule has 0 amide bonds. The quantitative estimate of drug-likeness (QED) is 0.414. The molecule has 1 aromatic heterocycles. The molecule has 2 aromatic rings. The molecule has 0 aliphatic heterocycles. The monoisotopic (exact) mass is 348 g/mol. The summed E-state index contributed by atoms with van der Waals surface area (Å²) in [6.45, 7) is 4.93. The SMILES string of the molecule is CCNC(=NCCCOC)NCCc1coc(-c2ccc(F)cc2)n1. The number of rotatable bonds is 9. The molecule has 6 nitrogen and oxygen atoms in total. The van der Waals surface area contributed by atoms with Crippen LogP contribution in [0.3, 0.4) is 0 Å². The van der Waals surface area contributed by atoms with Crippen LogP contribution >= 0.6 is 0 Å². The molecule has 136 valence electrons. The summed E-state index contributed by atoms with van der Waals surface area (Å²) in [6.07, 6.45) is 3.22. The Morgan fingerprint density at radius 1 is 1.28 bits per heavy atom. The minimum absolute atomic E-state index is 0.277. The molecule has 25 heavy (non-hydrogen) atoms. The van der Waals surface area contributed by atoms with Crippen molar-refractivity contribution >= 4 is 5.96 Å². The van der Waals surface area contributed by atoms with Crippen LogP contribution in [0.15, 0.2) is 39.9 Å². The van der Waals surface area contributed by atoms with Crippen LogP contribution in [0.1, 0.15) is 19.0 Å². The first-order valence-electron chi connectivity index (χ1n) is 8.44. The standard InChI is InChI=1S/C18H25FN4O2/c1-3-20-18(21-10-4-12-24-2)22-11-9-16-13-25-17(23-16)14-5-7-15(19)8-6-14/h5-8,13H,3-4,9-12H2,1-2H3,(H2,20,21,22). The Morgan fingerprint density at radius 3 is 2.80 bits per heavy atom. The first-order chi connectivity index (χ1) is 12.2. The maximum absolute atomic E-state index is 13.0. The number of hydrogen-bond donors (Lipinski definition) is 2. The second-order valence-electron chi connectivity index (χ2n) is 5.43. The van der Waals surface area contributed by atoms with Crippen LogP contribution in [0.5, 0.6) is 0 Å². The highest BCUT2D eigenvalue weighted by molar-refractivity contribution is 5.79. The normalized spacial score (nSPS) is 11.6. The first kappa shape index (κ1) is 18.9. The highest BCUT2D eigenvalue weighted by Crippen LogP contribution is 2.18. The zero-order valence-electron chi connectivity index (χ0n) is 14.7. The summed E-state index contributed by atoms with van der Waals surface area (Å²) in [7, 11) is 1.69. The second-order valence-corrected chi connectivity index (χ2v) is 5.43. The van der Waals surface area contributed by atoms with E-state index in [1.54, 1.807) is 25.5 Å². The van der Waals surface area contributed by atoms with Crippen LogP contribution < -0.4 is 10.6 Å². The van der Waals surface area contributed by atoms with Gasteiger partial charge >= 0.3 is 0 Å². The van der Waals surface area contributed by atoms with Gasteiger partial charge in [0, 0.05) is 45.3 Å². The maximum atomic E-state index is 13.0. The number of guanidine groups is 1. The number of aliphatic imine (C=N–C) groups is 1. The van der Waals surface area contributed by atoms with Crippen LogP contribution in [0.25, 0.3) is 11.5 Å². The van der Waals surface area contributed by atoms with E-state index >= 15 is 0 Å². The average Bonchev–Trinajstić information content (AvgIpc) is 3.08. The molecule has 0 radical (unpaired) electrons. The van der Waals surface area contributed by atoms with E-state index in [0.29, 0.717) is 32.0 Å². The van der Waals surface area contributed by atoms with E-state index in [9.17, 15) is 4.39 Å². The summed E-state index contributed by atoms with van der Waals surface area (Å²) in [6, 6.07) is 6.09. The summed E-state index contributed by atoms with van der Waals surface area (Å²) < 4.78 is 23.4. The van der Waals surface area contributed by atoms with Crippen molar-refractivity contribution in [1.29, 1.82) is 0 Å². The molecule has 2 N–H and O–H groups in total. The van der Waals surface area contributed by atoms with Crippen molar-refractivity contribution in [2.24, 2.45) is 4.99 Å². The van der Waals surface area contributed by atoms with Gasteiger partial charge in [0.1, 0.15) is 12.1 Å². The lowest BCUT2D eigenvalue weighted by atomic mass is 10.2. The fourth-order valence-corrected chi connectivity index (χ4v) is 2.20. The third kappa shape index (κ3) is 6.54. The van der Waals surface area contributed by atoms with Gasteiger partial charge in [-0.15, -0.1) is 0 Å². The highest BCUT2D eigenvalue weighted by Gasteiger charge is 2.07. The summed E-state index contributed by atoms with van der Waals surface area (Å²) in [5, 5.41) is 6.47. The minimum atomic E-state index is -0.277. The molecule has 0 saturated heterocycles. The lowest BCUT2D eigenvalue weighted by Gasteiger charge is -2.10. The Labute approximate surface area is 147 Å². The molecule has 0 fully saturated rings. The fourth-order valence-electron chi connectivity index (χ4n) is 2.20. The zero-order valence-corrected chi connectivity index (χ0v) is 14.7. The van der Waals surface area contributed by atoms with E-state index in [1.807, 2.05) is 6.92 Å². The van der Waals surface area contributed by atoms with Gasteiger partial charge in [0.15, 0.2) is 5.96 Å². The second kappa shape index (κ2) is 10.5. The summed E-state index contributed by atoms with van der Waals surface area (Å²) in [5.74, 6) is 0.997. The van der Waals surface area contributed by atoms with Crippen molar-refractivity contribution in [2.45, 2.75) is 19.8 Å². The number of nitrogens with one attached hydrogen (secondary N) is 2. The molecule has 0 atom stereocenters. The third-order valence-electron chi connectivity index (χ3n) is 3.44. The number of hydrogen-bond acceptors (Lipinski definition) is 4. The summed E-state index contributed by atoms with van der Waals surface area (Å²) in [5.41, 5.74) is 1.59. The number of benzene rings is 1. The molecule has 0 unspecified atom stereocenters. The number of halogens is 1. The molecule has 2 rings (SSSR count). The molecule has 0 spiro atoms. The van der Waals surface area contributed by atoms with Crippen LogP contribution in [0.4, 0.5) is 4.39 Å². The van der Waals surface area contributed by atoms with Crippen LogP contribution in [0.2, 0.25) is 0 Å². The van der Waals surface area contributed by atoms with E-state index in [2.05, 4.69) is 20.6 Å². The van der Waals surface area contributed by atoms with Gasteiger partial charge in [0.05, 0.1) is 5.69 Å². The smallest absolute Gasteiger partial charge is 0.226 e. The zero-order chi connectivity index (χ0) is 17.9. The topological polar surface area (TPSA) is 71.7 Å².